The molecule has 5 heteroatoms. The number of benzene rings is 1. The normalized spacial score (nSPS) is 20.9. The maximum atomic E-state index is 12.8. The molecule has 3 rings (SSSR count). The van der Waals surface area contributed by atoms with Crippen LogP contribution >= 0.6 is 12.4 Å². The third-order valence-electron chi connectivity index (χ3n) is 4.43. The molecule has 2 aliphatic rings. The lowest BCUT2D eigenvalue weighted by Crippen LogP contribution is -2.43. The standard InChI is InChI=1S/C17H24N2O2.ClH/c1-21-16-8-4-13(5-9-16)12-19(15-6-7-15)17(20)14-3-2-10-18-11-14;/h4-5,8-9,14-15,18H,2-3,6-7,10-12H2,1H3;1H. The zero-order valence-corrected chi connectivity index (χ0v) is 13.9. The highest BCUT2D eigenvalue weighted by atomic mass is 35.5. The Labute approximate surface area is 138 Å². The van der Waals surface area contributed by atoms with E-state index in [1.807, 2.05) is 12.1 Å². The van der Waals surface area contributed by atoms with Crippen molar-refractivity contribution in [2.75, 3.05) is 20.2 Å². The lowest BCUT2D eigenvalue weighted by atomic mass is 9.97. The fraction of sp³-hybridized carbons (Fsp3) is 0.588. The Bertz CT molecular complexity index is 482. The minimum Gasteiger partial charge on any atom is -0.497 e. The number of rotatable bonds is 5. The first-order chi connectivity index (χ1) is 10.3. The minimum absolute atomic E-state index is 0. The van der Waals surface area contributed by atoms with Crippen LogP contribution in [-0.4, -0.2) is 37.0 Å². The molecule has 0 bridgehead atoms. The zero-order chi connectivity index (χ0) is 14.7. The van der Waals surface area contributed by atoms with E-state index in [-0.39, 0.29) is 18.3 Å². The van der Waals surface area contributed by atoms with Crippen molar-refractivity contribution in [1.29, 1.82) is 0 Å². The van der Waals surface area contributed by atoms with Crippen molar-refractivity contribution in [3.05, 3.63) is 29.8 Å². The first-order valence-electron chi connectivity index (χ1n) is 7.92. The molecule has 1 atom stereocenters. The number of piperidine rings is 1. The highest BCUT2D eigenvalue weighted by Crippen LogP contribution is 2.31. The second-order valence-corrected chi connectivity index (χ2v) is 6.09. The summed E-state index contributed by atoms with van der Waals surface area (Å²) in [6, 6.07) is 8.50. The Morgan fingerprint density at radius 2 is 2.00 bits per heavy atom. The topological polar surface area (TPSA) is 41.6 Å². The number of ether oxygens (including phenoxy) is 1. The van der Waals surface area contributed by atoms with E-state index in [2.05, 4.69) is 22.3 Å². The van der Waals surface area contributed by atoms with Crippen LogP contribution in [0.25, 0.3) is 0 Å². The summed E-state index contributed by atoms with van der Waals surface area (Å²) in [6.07, 6.45) is 4.44. The third kappa shape index (κ3) is 4.14. The molecule has 1 aromatic carbocycles. The van der Waals surface area contributed by atoms with Crippen LogP contribution in [0.3, 0.4) is 0 Å². The largest absolute Gasteiger partial charge is 0.497 e. The summed E-state index contributed by atoms with van der Waals surface area (Å²) >= 11 is 0. The Morgan fingerprint density at radius 1 is 1.27 bits per heavy atom. The molecule has 122 valence electrons. The van der Waals surface area contributed by atoms with E-state index in [1.165, 1.54) is 5.56 Å². The number of carbonyl (C=O) groups excluding carboxylic acids is 1. The molecule has 0 spiro atoms. The molecule has 1 unspecified atom stereocenters. The van der Waals surface area contributed by atoms with E-state index in [0.717, 1.165) is 51.1 Å². The highest BCUT2D eigenvalue weighted by molar-refractivity contribution is 5.85. The van der Waals surface area contributed by atoms with Crippen LogP contribution in [0.15, 0.2) is 24.3 Å². The Balaban J connectivity index is 0.00000176. The molecule has 22 heavy (non-hydrogen) atoms. The van der Waals surface area contributed by atoms with Gasteiger partial charge in [-0.05, 0) is 49.9 Å². The molecule has 1 N–H and O–H groups in total. The smallest absolute Gasteiger partial charge is 0.227 e. The molecule has 0 aromatic heterocycles. The third-order valence-corrected chi connectivity index (χ3v) is 4.43. The van der Waals surface area contributed by atoms with Crippen molar-refractivity contribution in [3.8, 4) is 5.75 Å². The van der Waals surface area contributed by atoms with Crippen LogP contribution in [0.2, 0.25) is 0 Å². The molecule has 1 saturated carbocycles. The van der Waals surface area contributed by atoms with Gasteiger partial charge in [0.25, 0.3) is 0 Å². The van der Waals surface area contributed by atoms with Crippen LogP contribution in [0.5, 0.6) is 5.75 Å². The average Bonchev–Trinajstić information content (AvgIpc) is 3.38. The van der Waals surface area contributed by atoms with Crippen molar-refractivity contribution >= 4 is 18.3 Å². The summed E-state index contributed by atoms with van der Waals surface area (Å²) < 4.78 is 5.19. The van der Waals surface area contributed by atoms with Crippen LogP contribution in [-0.2, 0) is 11.3 Å². The van der Waals surface area contributed by atoms with Gasteiger partial charge in [0.1, 0.15) is 5.75 Å². The van der Waals surface area contributed by atoms with E-state index in [4.69, 9.17) is 4.74 Å². The van der Waals surface area contributed by atoms with Gasteiger partial charge in [-0.15, -0.1) is 12.4 Å². The maximum Gasteiger partial charge on any atom is 0.227 e. The number of methoxy groups -OCH3 is 1. The number of hydrogen-bond donors (Lipinski definition) is 1. The number of amides is 1. The van der Waals surface area contributed by atoms with Gasteiger partial charge in [-0.1, -0.05) is 12.1 Å². The van der Waals surface area contributed by atoms with Gasteiger partial charge in [0, 0.05) is 19.1 Å². The SMILES string of the molecule is COc1ccc(CN(C(=O)C2CCCNC2)C2CC2)cc1.Cl. The van der Waals surface area contributed by atoms with Gasteiger partial charge in [-0.3, -0.25) is 4.79 Å². The first-order valence-corrected chi connectivity index (χ1v) is 7.92. The first kappa shape index (κ1) is 17.1. The molecular weight excluding hydrogens is 300 g/mol. The van der Waals surface area contributed by atoms with Gasteiger partial charge < -0.3 is 15.0 Å². The molecule has 2 fully saturated rings. The monoisotopic (exact) mass is 324 g/mol. The molecule has 1 aliphatic carbocycles. The van der Waals surface area contributed by atoms with Gasteiger partial charge in [-0.25, -0.2) is 0 Å². The van der Waals surface area contributed by atoms with E-state index in [9.17, 15) is 4.79 Å². The van der Waals surface area contributed by atoms with Crippen LogP contribution in [0.4, 0.5) is 0 Å². The number of halogens is 1. The van der Waals surface area contributed by atoms with Crippen molar-refractivity contribution in [2.45, 2.75) is 38.3 Å². The summed E-state index contributed by atoms with van der Waals surface area (Å²) in [5.74, 6) is 1.36. The average molecular weight is 325 g/mol. The highest BCUT2D eigenvalue weighted by Gasteiger charge is 2.36. The maximum absolute atomic E-state index is 12.8. The summed E-state index contributed by atoms with van der Waals surface area (Å²) in [5.41, 5.74) is 1.18. The van der Waals surface area contributed by atoms with E-state index < -0.39 is 0 Å². The van der Waals surface area contributed by atoms with Crippen molar-refractivity contribution in [3.63, 3.8) is 0 Å². The zero-order valence-electron chi connectivity index (χ0n) is 13.1. The van der Waals surface area contributed by atoms with Gasteiger partial charge in [0.2, 0.25) is 5.91 Å². The van der Waals surface area contributed by atoms with E-state index >= 15 is 0 Å². The predicted molar refractivity (Wildman–Crippen MR) is 89.4 cm³/mol. The molecule has 0 radical (unpaired) electrons. The Hall–Kier alpha value is -1.26. The summed E-state index contributed by atoms with van der Waals surface area (Å²) in [7, 11) is 1.67. The second kappa shape index (κ2) is 7.84. The number of hydrogen-bond acceptors (Lipinski definition) is 3. The summed E-state index contributed by atoms with van der Waals surface area (Å²) in [6.45, 7) is 2.61. The summed E-state index contributed by atoms with van der Waals surface area (Å²) in [5, 5.41) is 3.34. The number of carbonyl (C=O) groups is 1. The van der Waals surface area contributed by atoms with E-state index in [1.54, 1.807) is 7.11 Å². The Morgan fingerprint density at radius 3 is 2.55 bits per heavy atom. The van der Waals surface area contributed by atoms with Crippen LogP contribution in [0.1, 0.15) is 31.2 Å². The van der Waals surface area contributed by atoms with Crippen molar-refractivity contribution in [1.82, 2.24) is 10.2 Å². The van der Waals surface area contributed by atoms with Gasteiger partial charge in [-0.2, -0.15) is 0 Å². The van der Waals surface area contributed by atoms with Crippen molar-refractivity contribution < 1.29 is 9.53 Å². The molecule has 4 nitrogen and oxygen atoms in total. The molecule has 1 amide bonds. The molecule has 1 heterocycles. The quantitative estimate of drug-likeness (QED) is 0.905. The molecule has 1 aromatic rings. The van der Waals surface area contributed by atoms with Crippen LogP contribution in [0, 0.1) is 5.92 Å². The predicted octanol–water partition coefficient (Wildman–Crippen LogP) is 2.61. The number of nitrogens with zero attached hydrogens (tertiary/aromatic N) is 1. The van der Waals surface area contributed by atoms with E-state index in [0.29, 0.717) is 11.9 Å². The minimum atomic E-state index is 0. The second-order valence-electron chi connectivity index (χ2n) is 6.09. The lowest BCUT2D eigenvalue weighted by Gasteiger charge is -2.30. The van der Waals surface area contributed by atoms with Gasteiger partial charge in [0.05, 0.1) is 13.0 Å². The fourth-order valence-electron chi connectivity index (χ4n) is 3.00. The molecular formula is C17H25ClN2O2. The number of nitrogens with one attached hydrogen (secondary N) is 1. The Kier molecular flexibility index (Phi) is 6.09. The van der Waals surface area contributed by atoms with Gasteiger partial charge in [0.15, 0.2) is 0 Å². The van der Waals surface area contributed by atoms with Crippen LogP contribution < -0.4 is 10.1 Å². The fourth-order valence-corrected chi connectivity index (χ4v) is 3.00. The molecule has 1 saturated heterocycles. The van der Waals surface area contributed by atoms with Gasteiger partial charge >= 0.3 is 0 Å². The lowest BCUT2D eigenvalue weighted by molar-refractivity contribution is -0.137. The molecule has 1 aliphatic heterocycles. The summed E-state index contributed by atoms with van der Waals surface area (Å²) in [4.78, 5) is 14.9. The van der Waals surface area contributed by atoms with Crippen molar-refractivity contribution in [2.24, 2.45) is 5.92 Å².